The van der Waals surface area contributed by atoms with E-state index in [-0.39, 0.29) is 0 Å². The second-order valence-corrected chi connectivity index (χ2v) is 5.93. The van der Waals surface area contributed by atoms with Crippen LogP contribution in [0.25, 0.3) is 0 Å². The highest BCUT2D eigenvalue weighted by Crippen LogP contribution is 2.37. The summed E-state index contributed by atoms with van der Waals surface area (Å²) in [7, 11) is 1.67. The van der Waals surface area contributed by atoms with Crippen molar-refractivity contribution in [1.82, 2.24) is 0 Å². The zero-order valence-electron chi connectivity index (χ0n) is 12.7. The largest absolute Gasteiger partial charge is 0.496 e. The second-order valence-electron chi connectivity index (χ2n) is 5.93. The molecule has 0 bridgehead atoms. The molecule has 2 heteroatoms. The smallest absolute Gasteiger partial charge is 0.121 e. The molecule has 3 rings (SSSR count). The van der Waals surface area contributed by atoms with Gasteiger partial charge in [-0.15, -0.1) is 0 Å². The van der Waals surface area contributed by atoms with Crippen LogP contribution in [0, 0.1) is 6.92 Å². The summed E-state index contributed by atoms with van der Waals surface area (Å²) in [5.74, 6) is 1.55. The van der Waals surface area contributed by atoms with Crippen LogP contribution >= 0.6 is 0 Å². The molecule has 2 aromatic rings. The van der Waals surface area contributed by atoms with Gasteiger partial charge in [0.25, 0.3) is 0 Å². The minimum absolute atomic E-state index is 0.574. The molecule has 1 fully saturated rings. The van der Waals surface area contributed by atoms with Crippen molar-refractivity contribution in [3.63, 3.8) is 0 Å². The number of aryl methyl sites for hydroxylation is 1. The lowest BCUT2D eigenvalue weighted by Crippen LogP contribution is -2.09. The highest BCUT2D eigenvalue weighted by atomic mass is 16.5. The quantitative estimate of drug-likeness (QED) is 0.903. The molecule has 0 heterocycles. The number of benzene rings is 2. The Morgan fingerprint density at radius 3 is 2.48 bits per heavy atom. The van der Waals surface area contributed by atoms with Crippen molar-refractivity contribution in [2.24, 2.45) is 0 Å². The van der Waals surface area contributed by atoms with E-state index in [0.717, 1.165) is 22.4 Å². The van der Waals surface area contributed by atoms with Gasteiger partial charge in [0.1, 0.15) is 11.9 Å². The molecule has 0 aromatic heterocycles. The first-order chi connectivity index (χ1) is 10.2. The maximum absolute atomic E-state index is 10.6. The van der Waals surface area contributed by atoms with Crippen molar-refractivity contribution >= 4 is 0 Å². The van der Waals surface area contributed by atoms with Crippen LogP contribution in [0.5, 0.6) is 5.75 Å². The van der Waals surface area contributed by atoms with Crippen LogP contribution in [0.4, 0.5) is 0 Å². The first-order valence-corrected chi connectivity index (χ1v) is 7.61. The molecule has 1 aliphatic carbocycles. The molecule has 0 radical (unpaired) electrons. The molecule has 0 aliphatic heterocycles. The summed E-state index contributed by atoms with van der Waals surface area (Å²) in [5.41, 5.74) is 4.30. The summed E-state index contributed by atoms with van der Waals surface area (Å²) in [4.78, 5) is 0. The van der Waals surface area contributed by atoms with Crippen LogP contribution in [0.15, 0.2) is 42.5 Å². The fraction of sp³-hybridized carbons (Fsp3) is 0.368. The molecule has 2 aromatic carbocycles. The Kier molecular flexibility index (Phi) is 3.98. The van der Waals surface area contributed by atoms with E-state index in [1.54, 1.807) is 7.11 Å². The van der Waals surface area contributed by atoms with Gasteiger partial charge in [-0.05, 0) is 60.1 Å². The number of aliphatic hydroxyl groups excluding tert-OH is 1. The molecule has 1 atom stereocenters. The topological polar surface area (TPSA) is 29.5 Å². The average molecular weight is 282 g/mol. The number of aliphatic hydroxyl groups is 1. The maximum Gasteiger partial charge on any atom is 0.121 e. The van der Waals surface area contributed by atoms with E-state index in [4.69, 9.17) is 4.74 Å². The van der Waals surface area contributed by atoms with E-state index in [9.17, 15) is 5.11 Å². The van der Waals surface area contributed by atoms with Gasteiger partial charge in [0.2, 0.25) is 0 Å². The molecule has 0 saturated heterocycles. The van der Waals surface area contributed by atoms with Gasteiger partial charge < -0.3 is 9.84 Å². The Morgan fingerprint density at radius 1 is 1.10 bits per heavy atom. The van der Waals surface area contributed by atoms with E-state index in [0.29, 0.717) is 5.92 Å². The fourth-order valence-electron chi connectivity index (χ4n) is 2.99. The molecule has 21 heavy (non-hydrogen) atoms. The predicted molar refractivity (Wildman–Crippen MR) is 84.8 cm³/mol. The highest BCUT2D eigenvalue weighted by Gasteiger charge is 2.20. The van der Waals surface area contributed by atoms with E-state index in [1.807, 2.05) is 31.2 Å². The third kappa shape index (κ3) is 2.81. The van der Waals surface area contributed by atoms with Crippen molar-refractivity contribution in [1.29, 1.82) is 0 Å². The SMILES string of the molecule is COc1ccc(C(O)c2cccc(C3CCC3)c2)cc1C. The lowest BCUT2D eigenvalue weighted by atomic mass is 9.79. The third-order valence-corrected chi connectivity index (χ3v) is 4.54. The Bertz CT molecular complexity index is 629. The first kappa shape index (κ1) is 14.2. The van der Waals surface area contributed by atoms with Crippen molar-refractivity contribution < 1.29 is 9.84 Å². The van der Waals surface area contributed by atoms with Crippen molar-refractivity contribution in [3.8, 4) is 5.75 Å². The van der Waals surface area contributed by atoms with Gasteiger partial charge in [-0.25, -0.2) is 0 Å². The Morgan fingerprint density at radius 2 is 1.86 bits per heavy atom. The lowest BCUT2D eigenvalue weighted by Gasteiger charge is -2.26. The standard InChI is InChI=1S/C19H22O2/c1-13-11-17(9-10-18(13)21-2)19(20)16-8-4-7-15(12-16)14-5-3-6-14/h4,7-12,14,19-20H,3,5-6H2,1-2H3. The van der Waals surface area contributed by atoms with Gasteiger partial charge >= 0.3 is 0 Å². The first-order valence-electron chi connectivity index (χ1n) is 7.61. The van der Waals surface area contributed by atoms with E-state index in [1.165, 1.54) is 24.8 Å². The molecule has 1 unspecified atom stereocenters. The normalized spacial score (nSPS) is 16.3. The van der Waals surface area contributed by atoms with Gasteiger partial charge in [0, 0.05) is 0 Å². The van der Waals surface area contributed by atoms with Crippen LogP contribution in [-0.2, 0) is 0 Å². The van der Waals surface area contributed by atoms with Gasteiger partial charge in [-0.1, -0.05) is 36.8 Å². The minimum atomic E-state index is -0.574. The van der Waals surface area contributed by atoms with Crippen LogP contribution in [0.2, 0.25) is 0 Å². The average Bonchev–Trinajstić information content (AvgIpc) is 2.45. The summed E-state index contributed by atoms with van der Waals surface area (Å²) < 4.78 is 5.28. The predicted octanol–water partition coefficient (Wildman–Crippen LogP) is 4.35. The van der Waals surface area contributed by atoms with Crippen LogP contribution in [0.1, 0.15) is 53.5 Å². The van der Waals surface area contributed by atoms with Crippen LogP contribution < -0.4 is 4.74 Å². The number of rotatable bonds is 4. The highest BCUT2D eigenvalue weighted by molar-refractivity contribution is 5.41. The van der Waals surface area contributed by atoms with Gasteiger partial charge in [-0.3, -0.25) is 0 Å². The zero-order valence-corrected chi connectivity index (χ0v) is 12.7. The Labute approximate surface area is 126 Å². The minimum Gasteiger partial charge on any atom is -0.496 e. The monoisotopic (exact) mass is 282 g/mol. The Hall–Kier alpha value is -1.80. The lowest BCUT2D eigenvalue weighted by molar-refractivity contribution is 0.220. The number of hydrogen-bond acceptors (Lipinski definition) is 2. The summed E-state index contributed by atoms with van der Waals surface area (Å²) in [6.07, 6.45) is 3.31. The van der Waals surface area contributed by atoms with Gasteiger partial charge in [0.05, 0.1) is 7.11 Å². The van der Waals surface area contributed by atoms with Crippen molar-refractivity contribution in [2.75, 3.05) is 7.11 Å². The summed E-state index contributed by atoms with van der Waals surface area (Å²) in [6, 6.07) is 14.3. The summed E-state index contributed by atoms with van der Waals surface area (Å²) in [6.45, 7) is 2.00. The molecule has 0 amide bonds. The Balaban J connectivity index is 1.87. The second kappa shape index (κ2) is 5.90. The number of ether oxygens (including phenoxy) is 1. The van der Waals surface area contributed by atoms with Gasteiger partial charge in [-0.2, -0.15) is 0 Å². The third-order valence-electron chi connectivity index (χ3n) is 4.54. The molecule has 0 spiro atoms. The molecule has 1 N–H and O–H groups in total. The maximum atomic E-state index is 10.6. The van der Waals surface area contributed by atoms with E-state index >= 15 is 0 Å². The number of hydrogen-bond donors (Lipinski definition) is 1. The summed E-state index contributed by atoms with van der Waals surface area (Å²) in [5, 5.41) is 10.6. The molecule has 2 nitrogen and oxygen atoms in total. The van der Waals surface area contributed by atoms with Gasteiger partial charge in [0.15, 0.2) is 0 Å². The molecular formula is C19H22O2. The molecular weight excluding hydrogens is 260 g/mol. The summed E-state index contributed by atoms with van der Waals surface area (Å²) >= 11 is 0. The zero-order chi connectivity index (χ0) is 14.8. The van der Waals surface area contributed by atoms with Crippen LogP contribution in [-0.4, -0.2) is 12.2 Å². The van der Waals surface area contributed by atoms with E-state index < -0.39 is 6.10 Å². The molecule has 1 saturated carbocycles. The molecule has 110 valence electrons. The van der Waals surface area contributed by atoms with Crippen LogP contribution in [0.3, 0.4) is 0 Å². The van der Waals surface area contributed by atoms with Crippen molar-refractivity contribution in [3.05, 3.63) is 64.7 Å². The van der Waals surface area contributed by atoms with E-state index in [2.05, 4.69) is 18.2 Å². The van der Waals surface area contributed by atoms with Crippen molar-refractivity contribution in [2.45, 2.75) is 38.2 Å². The number of methoxy groups -OCH3 is 1. The fourth-order valence-corrected chi connectivity index (χ4v) is 2.99. The molecule has 1 aliphatic rings.